The normalized spacial score (nSPS) is 35.0. The summed E-state index contributed by atoms with van der Waals surface area (Å²) in [5.41, 5.74) is 0.625. The van der Waals surface area contributed by atoms with Gasteiger partial charge in [-0.2, -0.15) is 8.42 Å². The molecule has 0 amide bonds. The Morgan fingerprint density at radius 1 is 1.10 bits per heavy atom. The first-order chi connectivity index (χ1) is 14.5. The van der Waals surface area contributed by atoms with Crippen LogP contribution in [0.2, 0.25) is 0 Å². The summed E-state index contributed by atoms with van der Waals surface area (Å²) in [4.78, 5) is 0. The van der Waals surface area contributed by atoms with Crippen LogP contribution in [0.4, 0.5) is 0 Å². The van der Waals surface area contributed by atoms with E-state index in [4.69, 9.17) is 27.9 Å². The van der Waals surface area contributed by atoms with Gasteiger partial charge in [0.2, 0.25) is 0 Å². The standard InChI is InChI=1S/C22H30O8S/c1-6-10-16(14-11-8-7-9-12-14)31(23,24)30-18-17(15-13-25-21(2,3)27-15)26-20-19(18)28-22(4,5)29-20/h6-9,11-12,15-20H,1,10,13H2,2-5H3/t15-,16-,17-,18-,19-,20-/m1/s1. The number of benzene rings is 1. The van der Waals surface area contributed by atoms with Gasteiger partial charge >= 0.3 is 0 Å². The van der Waals surface area contributed by atoms with Gasteiger partial charge in [-0.15, -0.1) is 6.58 Å². The predicted molar refractivity (Wildman–Crippen MR) is 111 cm³/mol. The highest BCUT2D eigenvalue weighted by Gasteiger charge is 2.60. The third kappa shape index (κ3) is 4.73. The molecule has 3 heterocycles. The molecule has 3 aliphatic heterocycles. The fraction of sp³-hybridized carbons (Fsp3) is 0.636. The van der Waals surface area contributed by atoms with Gasteiger partial charge in [0.05, 0.1) is 6.61 Å². The molecule has 0 spiro atoms. The molecule has 3 aliphatic rings. The summed E-state index contributed by atoms with van der Waals surface area (Å²) >= 11 is 0. The van der Waals surface area contributed by atoms with Crippen molar-refractivity contribution in [3.63, 3.8) is 0 Å². The first-order valence-electron chi connectivity index (χ1n) is 10.4. The molecule has 0 unspecified atom stereocenters. The maximum Gasteiger partial charge on any atom is 0.275 e. The number of rotatable bonds is 7. The zero-order valence-electron chi connectivity index (χ0n) is 18.2. The average Bonchev–Trinajstić information content (AvgIpc) is 3.30. The van der Waals surface area contributed by atoms with E-state index in [1.807, 2.05) is 6.07 Å². The van der Waals surface area contributed by atoms with Crippen LogP contribution in [0.3, 0.4) is 0 Å². The molecule has 9 heteroatoms. The summed E-state index contributed by atoms with van der Waals surface area (Å²) in [7, 11) is -4.07. The Labute approximate surface area is 183 Å². The maximum absolute atomic E-state index is 13.4. The van der Waals surface area contributed by atoms with E-state index in [1.54, 1.807) is 58.0 Å². The van der Waals surface area contributed by atoms with E-state index in [2.05, 4.69) is 6.58 Å². The van der Waals surface area contributed by atoms with Crippen molar-refractivity contribution in [3.05, 3.63) is 48.6 Å². The number of allylic oxidation sites excluding steroid dienone is 1. The fourth-order valence-electron chi connectivity index (χ4n) is 4.25. The van der Waals surface area contributed by atoms with Crippen LogP contribution in [0.5, 0.6) is 0 Å². The predicted octanol–water partition coefficient (Wildman–Crippen LogP) is 3.05. The summed E-state index contributed by atoms with van der Waals surface area (Å²) in [5.74, 6) is -1.72. The van der Waals surface area contributed by atoms with Crippen molar-refractivity contribution in [2.75, 3.05) is 6.61 Å². The van der Waals surface area contributed by atoms with Crippen molar-refractivity contribution < 1.29 is 36.3 Å². The Morgan fingerprint density at radius 2 is 1.81 bits per heavy atom. The minimum Gasteiger partial charge on any atom is -0.348 e. The molecule has 172 valence electrons. The summed E-state index contributed by atoms with van der Waals surface area (Å²) in [6.07, 6.45) is -1.91. The lowest BCUT2D eigenvalue weighted by atomic mass is 10.1. The van der Waals surface area contributed by atoms with E-state index in [0.717, 1.165) is 0 Å². The first-order valence-corrected chi connectivity index (χ1v) is 11.9. The number of hydrogen-bond acceptors (Lipinski definition) is 8. The zero-order valence-corrected chi connectivity index (χ0v) is 19.0. The topological polar surface area (TPSA) is 89.5 Å². The molecule has 1 aromatic rings. The van der Waals surface area contributed by atoms with Gasteiger partial charge in [0, 0.05) is 0 Å². The Balaban J connectivity index is 1.62. The van der Waals surface area contributed by atoms with Gasteiger partial charge in [-0.3, -0.25) is 4.18 Å². The molecule has 0 N–H and O–H groups in total. The Bertz CT molecular complexity index is 897. The molecule has 1 aromatic carbocycles. The molecule has 31 heavy (non-hydrogen) atoms. The molecular formula is C22H30O8S. The van der Waals surface area contributed by atoms with Gasteiger partial charge in [-0.25, -0.2) is 0 Å². The molecule has 0 aliphatic carbocycles. The van der Waals surface area contributed by atoms with Crippen LogP contribution in [0.25, 0.3) is 0 Å². The largest absolute Gasteiger partial charge is 0.348 e. The quantitative estimate of drug-likeness (QED) is 0.459. The lowest BCUT2D eigenvalue weighted by Crippen LogP contribution is -2.45. The molecule has 4 rings (SSSR count). The van der Waals surface area contributed by atoms with E-state index < -0.39 is 57.6 Å². The second-order valence-electron chi connectivity index (χ2n) is 8.91. The fourth-order valence-corrected chi connectivity index (χ4v) is 5.78. The van der Waals surface area contributed by atoms with E-state index in [9.17, 15) is 8.42 Å². The molecule has 0 radical (unpaired) electrons. The van der Waals surface area contributed by atoms with Gasteiger partial charge in [0.25, 0.3) is 10.1 Å². The molecule has 8 nitrogen and oxygen atoms in total. The van der Waals surface area contributed by atoms with Crippen LogP contribution in [0.15, 0.2) is 43.0 Å². The summed E-state index contributed by atoms with van der Waals surface area (Å²) < 4.78 is 62.1. The van der Waals surface area contributed by atoms with Gasteiger partial charge < -0.3 is 23.7 Å². The van der Waals surface area contributed by atoms with Crippen LogP contribution in [0, 0.1) is 0 Å². The highest BCUT2D eigenvalue weighted by atomic mass is 32.2. The second-order valence-corrected chi connectivity index (χ2v) is 10.7. The lowest BCUT2D eigenvalue weighted by molar-refractivity contribution is -0.230. The second kappa shape index (κ2) is 8.22. The van der Waals surface area contributed by atoms with Crippen LogP contribution < -0.4 is 0 Å². The van der Waals surface area contributed by atoms with Crippen LogP contribution in [-0.4, -0.2) is 57.3 Å². The molecule has 0 aromatic heterocycles. The van der Waals surface area contributed by atoms with Crippen molar-refractivity contribution in [3.8, 4) is 0 Å². The Kier molecular flexibility index (Phi) is 6.06. The minimum atomic E-state index is -4.07. The molecular weight excluding hydrogens is 424 g/mol. The molecule has 3 saturated heterocycles. The highest BCUT2D eigenvalue weighted by Crippen LogP contribution is 2.43. The molecule has 3 fully saturated rings. The Hall–Kier alpha value is -1.33. The number of hydrogen-bond donors (Lipinski definition) is 0. The SMILES string of the molecule is C=CC[C@H](c1ccccc1)S(=O)(=O)O[C@H]1[C@H]2OC(C)(C)O[C@H]2O[C@@H]1[C@H]1COC(C)(C)O1. The van der Waals surface area contributed by atoms with Gasteiger partial charge in [0.15, 0.2) is 17.9 Å². The zero-order chi connectivity index (χ0) is 22.4. The lowest BCUT2D eigenvalue weighted by Gasteiger charge is -2.29. The smallest absolute Gasteiger partial charge is 0.275 e. The van der Waals surface area contributed by atoms with E-state index >= 15 is 0 Å². The van der Waals surface area contributed by atoms with Crippen LogP contribution in [-0.2, 0) is 38.0 Å². The molecule has 0 saturated carbocycles. The van der Waals surface area contributed by atoms with Gasteiger partial charge in [0.1, 0.15) is 29.7 Å². The third-order valence-electron chi connectivity index (χ3n) is 5.57. The Morgan fingerprint density at radius 3 is 2.42 bits per heavy atom. The van der Waals surface area contributed by atoms with Crippen molar-refractivity contribution in [2.24, 2.45) is 0 Å². The summed E-state index contributed by atoms with van der Waals surface area (Å²) in [6.45, 7) is 11.0. The van der Waals surface area contributed by atoms with Crippen molar-refractivity contribution >= 4 is 10.1 Å². The van der Waals surface area contributed by atoms with E-state index in [1.165, 1.54) is 0 Å². The van der Waals surface area contributed by atoms with E-state index in [0.29, 0.717) is 5.56 Å². The minimum absolute atomic E-state index is 0.206. The molecule has 0 bridgehead atoms. The maximum atomic E-state index is 13.4. The van der Waals surface area contributed by atoms with Gasteiger partial charge in [-0.05, 0) is 39.7 Å². The summed E-state index contributed by atoms with van der Waals surface area (Å²) in [6, 6.07) is 8.93. The van der Waals surface area contributed by atoms with Gasteiger partial charge in [-0.1, -0.05) is 36.4 Å². The van der Waals surface area contributed by atoms with Crippen molar-refractivity contribution in [1.82, 2.24) is 0 Å². The number of fused-ring (bicyclic) bond motifs is 1. The average molecular weight is 455 g/mol. The first kappa shape index (κ1) is 22.8. The third-order valence-corrected chi connectivity index (χ3v) is 7.22. The number of ether oxygens (including phenoxy) is 5. The van der Waals surface area contributed by atoms with Crippen LogP contribution in [0.1, 0.15) is 44.9 Å². The van der Waals surface area contributed by atoms with E-state index in [-0.39, 0.29) is 13.0 Å². The molecule has 6 atom stereocenters. The van der Waals surface area contributed by atoms with Crippen LogP contribution >= 0.6 is 0 Å². The highest BCUT2D eigenvalue weighted by molar-refractivity contribution is 7.87. The monoisotopic (exact) mass is 454 g/mol. The van der Waals surface area contributed by atoms with Crippen molar-refractivity contribution in [1.29, 1.82) is 0 Å². The summed E-state index contributed by atoms with van der Waals surface area (Å²) in [5, 5.41) is -0.904. The van der Waals surface area contributed by atoms with Crippen molar-refractivity contribution in [2.45, 2.75) is 81.6 Å².